The fourth-order valence-electron chi connectivity index (χ4n) is 2.45. The molecule has 4 heteroatoms. The van der Waals surface area contributed by atoms with E-state index in [0.717, 1.165) is 25.7 Å². The fourth-order valence-corrected chi connectivity index (χ4v) is 2.45. The zero-order valence-corrected chi connectivity index (χ0v) is 16.4. The van der Waals surface area contributed by atoms with Crippen molar-refractivity contribution in [1.82, 2.24) is 0 Å². The van der Waals surface area contributed by atoms with E-state index in [0.29, 0.717) is 38.9 Å². The molecule has 0 atom stereocenters. The van der Waals surface area contributed by atoms with Gasteiger partial charge < -0.3 is 9.47 Å². The molecule has 0 aromatic carbocycles. The number of ether oxygens (including phenoxy) is 2. The zero-order valence-electron chi connectivity index (χ0n) is 16.4. The average Bonchev–Trinajstić information content (AvgIpc) is 2.61. The number of allylic oxidation sites excluding steroid dienone is 1. The Morgan fingerprint density at radius 2 is 1.24 bits per heavy atom. The summed E-state index contributed by atoms with van der Waals surface area (Å²) in [4.78, 5) is 23.1. The maximum Gasteiger partial charge on any atom is 0.305 e. The Labute approximate surface area is 154 Å². The first-order chi connectivity index (χ1) is 12.2. The van der Waals surface area contributed by atoms with Crippen molar-refractivity contribution in [2.75, 3.05) is 13.2 Å². The van der Waals surface area contributed by atoms with Crippen LogP contribution in [0.4, 0.5) is 0 Å². The minimum absolute atomic E-state index is 0.149. The highest BCUT2D eigenvalue weighted by Gasteiger charge is 2.05. The van der Waals surface area contributed by atoms with Gasteiger partial charge in [-0.3, -0.25) is 9.59 Å². The molecule has 0 heterocycles. The molecule has 0 aromatic heterocycles. The van der Waals surface area contributed by atoms with Crippen LogP contribution >= 0.6 is 0 Å². The van der Waals surface area contributed by atoms with Crippen LogP contribution in [0, 0.1) is 0 Å². The highest BCUT2D eigenvalue weighted by molar-refractivity contribution is 5.70. The summed E-state index contributed by atoms with van der Waals surface area (Å²) in [5.41, 5.74) is 0. The van der Waals surface area contributed by atoms with E-state index < -0.39 is 0 Å². The Balaban J connectivity index is 3.34. The smallest absolute Gasteiger partial charge is 0.305 e. The summed E-state index contributed by atoms with van der Waals surface area (Å²) in [6.07, 6.45) is 16.5. The van der Waals surface area contributed by atoms with Gasteiger partial charge in [0.05, 0.1) is 13.2 Å². The number of carbonyl (C=O) groups is 2. The van der Waals surface area contributed by atoms with E-state index in [1.54, 1.807) is 0 Å². The molecule has 4 nitrogen and oxygen atoms in total. The molecule has 0 bridgehead atoms. The second-order valence-electron chi connectivity index (χ2n) is 6.44. The van der Waals surface area contributed by atoms with Gasteiger partial charge in [-0.1, -0.05) is 64.5 Å². The van der Waals surface area contributed by atoms with Gasteiger partial charge in [0.25, 0.3) is 0 Å². The summed E-state index contributed by atoms with van der Waals surface area (Å²) in [5.74, 6) is -0.328. The monoisotopic (exact) mass is 354 g/mol. The van der Waals surface area contributed by atoms with Crippen molar-refractivity contribution in [2.24, 2.45) is 0 Å². The molecule has 0 aliphatic rings. The Bertz CT molecular complexity index is 350. The molecule has 0 spiro atoms. The van der Waals surface area contributed by atoms with Crippen LogP contribution in [0.2, 0.25) is 0 Å². The Morgan fingerprint density at radius 1 is 0.680 bits per heavy atom. The second kappa shape index (κ2) is 19.0. The van der Waals surface area contributed by atoms with Crippen molar-refractivity contribution >= 4 is 11.9 Å². The first kappa shape index (κ1) is 23.7. The van der Waals surface area contributed by atoms with Crippen LogP contribution < -0.4 is 0 Å². The van der Waals surface area contributed by atoms with Gasteiger partial charge in [-0.15, -0.1) is 0 Å². The molecule has 0 unspecified atom stereocenters. The van der Waals surface area contributed by atoms with Crippen molar-refractivity contribution < 1.29 is 19.1 Å². The van der Waals surface area contributed by atoms with Crippen LogP contribution in [0.5, 0.6) is 0 Å². The van der Waals surface area contributed by atoms with E-state index in [1.165, 1.54) is 32.1 Å². The molecule has 0 radical (unpaired) electrons. The molecule has 0 rings (SSSR count). The van der Waals surface area contributed by atoms with Gasteiger partial charge >= 0.3 is 11.9 Å². The first-order valence-electron chi connectivity index (χ1n) is 10.2. The van der Waals surface area contributed by atoms with Crippen LogP contribution in [0.15, 0.2) is 12.2 Å². The average molecular weight is 355 g/mol. The van der Waals surface area contributed by atoms with Crippen LogP contribution in [0.3, 0.4) is 0 Å². The third-order valence-electron chi connectivity index (χ3n) is 3.97. The normalized spacial score (nSPS) is 11.0. The molecule has 0 amide bonds. The van der Waals surface area contributed by atoms with Crippen molar-refractivity contribution in [2.45, 2.75) is 97.3 Å². The summed E-state index contributed by atoms with van der Waals surface area (Å²) in [5, 5.41) is 0. The zero-order chi connectivity index (χ0) is 18.6. The molecule has 0 aliphatic heterocycles. The minimum atomic E-state index is -0.179. The maximum absolute atomic E-state index is 11.6. The molecule has 0 aliphatic carbocycles. The van der Waals surface area contributed by atoms with Crippen LogP contribution in [-0.4, -0.2) is 25.2 Å². The van der Waals surface area contributed by atoms with E-state index in [-0.39, 0.29) is 11.9 Å². The summed E-state index contributed by atoms with van der Waals surface area (Å²) in [7, 11) is 0. The molecule has 0 fully saturated rings. The second-order valence-corrected chi connectivity index (χ2v) is 6.44. The van der Waals surface area contributed by atoms with Gasteiger partial charge in [-0.2, -0.15) is 0 Å². The lowest BCUT2D eigenvalue weighted by molar-refractivity contribution is -0.145. The Kier molecular flexibility index (Phi) is 18.0. The quantitative estimate of drug-likeness (QED) is 0.190. The number of carbonyl (C=O) groups excluding carboxylic acids is 2. The van der Waals surface area contributed by atoms with Crippen LogP contribution in [0.25, 0.3) is 0 Å². The van der Waals surface area contributed by atoms with E-state index in [9.17, 15) is 9.59 Å². The lowest BCUT2D eigenvalue weighted by Crippen LogP contribution is -2.07. The molecular weight excluding hydrogens is 316 g/mol. The van der Waals surface area contributed by atoms with E-state index in [4.69, 9.17) is 9.47 Å². The molecule has 146 valence electrons. The van der Waals surface area contributed by atoms with E-state index in [1.807, 2.05) is 6.08 Å². The molecular formula is C21H38O4. The third-order valence-corrected chi connectivity index (χ3v) is 3.97. The lowest BCUT2D eigenvalue weighted by Gasteiger charge is -2.05. The molecule has 25 heavy (non-hydrogen) atoms. The van der Waals surface area contributed by atoms with Gasteiger partial charge in [0.15, 0.2) is 0 Å². The standard InChI is InChI=1S/C21H38O4/c1-3-5-7-9-10-11-15-19-25-21(23)17-13-12-16-20(22)24-18-14-8-6-4-2/h6,8H,3-5,7,9-19H2,1-2H3/b8-6+. The van der Waals surface area contributed by atoms with Gasteiger partial charge in [-0.05, 0) is 32.1 Å². The minimum Gasteiger partial charge on any atom is -0.466 e. The van der Waals surface area contributed by atoms with Gasteiger partial charge in [-0.25, -0.2) is 0 Å². The summed E-state index contributed by atoms with van der Waals surface area (Å²) in [6.45, 7) is 5.26. The SMILES string of the molecule is CC/C=C/CCOC(=O)CCCCC(=O)OCCCCCCCCC. The maximum atomic E-state index is 11.6. The number of unbranched alkanes of at least 4 members (excludes halogenated alkanes) is 7. The van der Waals surface area contributed by atoms with Crippen LogP contribution in [0.1, 0.15) is 97.3 Å². The van der Waals surface area contributed by atoms with E-state index >= 15 is 0 Å². The molecule has 0 saturated carbocycles. The highest BCUT2D eigenvalue weighted by atomic mass is 16.5. The van der Waals surface area contributed by atoms with Gasteiger partial charge in [0.2, 0.25) is 0 Å². The molecule has 0 saturated heterocycles. The van der Waals surface area contributed by atoms with Crippen molar-refractivity contribution in [3.63, 3.8) is 0 Å². The summed E-state index contributed by atoms with van der Waals surface area (Å²) >= 11 is 0. The molecule has 0 aromatic rings. The van der Waals surface area contributed by atoms with Gasteiger partial charge in [0, 0.05) is 12.8 Å². The summed E-state index contributed by atoms with van der Waals surface area (Å²) in [6, 6.07) is 0. The number of esters is 2. The Morgan fingerprint density at radius 3 is 1.84 bits per heavy atom. The number of hydrogen-bond acceptors (Lipinski definition) is 4. The predicted octanol–water partition coefficient (Wildman–Crippen LogP) is 5.74. The topological polar surface area (TPSA) is 52.6 Å². The highest BCUT2D eigenvalue weighted by Crippen LogP contribution is 2.08. The molecule has 0 N–H and O–H groups in total. The number of hydrogen-bond donors (Lipinski definition) is 0. The van der Waals surface area contributed by atoms with Crippen molar-refractivity contribution in [3.8, 4) is 0 Å². The van der Waals surface area contributed by atoms with Crippen molar-refractivity contribution in [1.29, 1.82) is 0 Å². The number of rotatable bonds is 17. The van der Waals surface area contributed by atoms with E-state index in [2.05, 4.69) is 19.9 Å². The predicted molar refractivity (Wildman–Crippen MR) is 102 cm³/mol. The van der Waals surface area contributed by atoms with Crippen molar-refractivity contribution in [3.05, 3.63) is 12.2 Å². The third kappa shape index (κ3) is 18.9. The Hall–Kier alpha value is -1.32. The summed E-state index contributed by atoms with van der Waals surface area (Å²) < 4.78 is 10.3. The van der Waals surface area contributed by atoms with Crippen LogP contribution in [-0.2, 0) is 19.1 Å². The van der Waals surface area contributed by atoms with Gasteiger partial charge in [0.1, 0.15) is 0 Å². The first-order valence-corrected chi connectivity index (χ1v) is 10.2. The largest absolute Gasteiger partial charge is 0.466 e. The lowest BCUT2D eigenvalue weighted by atomic mass is 10.1. The fraction of sp³-hybridized carbons (Fsp3) is 0.810.